The van der Waals surface area contributed by atoms with E-state index in [4.69, 9.17) is 0 Å². The lowest BCUT2D eigenvalue weighted by atomic mass is 10.00. The monoisotopic (exact) mass is 210 g/mol. The predicted octanol–water partition coefficient (Wildman–Crippen LogP) is 4.48. The van der Waals surface area contributed by atoms with E-state index in [1.54, 1.807) is 0 Å². The van der Waals surface area contributed by atoms with Gasteiger partial charge >= 0.3 is 0 Å². The Hall–Kier alpha value is -1.56. The summed E-state index contributed by atoms with van der Waals surface area (Å²) in [4.78, 5) is 0. The molecule has 0 aliphatic carbocycles. The fraction of sp³-hybridized carbons (Fsp3) is 0.250. The van der Waals surface area contributed by atoms with Crippen LogP contribution in [0, 0.1) is 0 Å². The summed E-state index contributed by atoms with van der Waals surface area (Å²) in [6.45, 7) is 4.39. The molecule has 2 aromatic carbocycles. The zero-order valence-electron chi connectivity index (χ0n) is 10.0. The highest BCUT2D eigenvalue weighted by Gasteiger charge is 1.99. The van der Waals surface area contributed by atoms with Gasteiger partial charge in [0.25, 0.3) is 0 Å². The third-order valence-corrected chi connectivity index (χ3v) is 3.00. The summed E-state index contributed by atoms with van der Waals surface area (Å²) in [7, 11) is 0. The van der Waals surface area contributed by atoms with Crippen molar-refractivity contribution in [3.05, 3.63) is 59.7 Å². The number of rotatable bonds is 3. The zero-order chi connectivity index (χ0) is 11.4. The number of hydrogen-bond donors (Lipinski definition) is 0. The zero-order valence-corrected chi connectivity index (χ0v) is 10.0. The van der Waals surface area contributed by atoms with E-state index in [2.05, 4.69) is 62.4 Å². The van der Waals surface area contributed by atoms with Gasteiger partial charge in [0.1, 0.15) is 0 Å². The Balaban J connectivity index is 2.41. The van der Waals surface area contributed by atoms with Crippen molar-refractivity contribution in [2.45, 2.75) is 26.7 Å². The minimum Gasteiger partial charge on any atom is -0.0614 e. The third-order valence-electron chi connectivity index (χ3n) is 3.00. The first-order valence-electron chi connectivity index (χ1n) is 6.01. The topological polar surface area (TPSA) is 0 Å². The molecule has 16 heavy (non-hydrogen) atoms. The molecule has 2 rings (SSSR count). The fourth-order valence-corrected chi connectivity index (χ4v) is 1.94. The summed E-state index contributed by atoms with van der Waals surface area (Å²) in [5, 5.41) is 0. The van der Waals surface area contributed by atoms with Gasteiger partial charge in [0.2, 0.25) is 0 Å². The third kappa shape index (κ3) is 2.33. The van der Waals surface area contributed by atoms with Gasteiger partial charge in [-0.05, 0) is 35.1 Å². The van der Waals surface area contributed by atoms with Crippen LogP contribution in [0.15, 0.2) is 48.5 Å². The number of hydrogen-bond acceptors (Lipinski definition) is 0. The molecule has 0 saturated carbocycles. The van der Waals surface area contributed by atoms with Crippen LogP contribution >= 0.6 is 0 Å². The number of benzene rings is 2. The van der Waals surface area contributed by atoms with E-state index in [0.717, 1.165) is 12.8 Å². The van der Waals surface area contributed by atoms with Gasteiger partial charge in [0.15, 0.2) is 0 Å². The summed E-state index contributed by atoms with van der Waals surface area (Å²) < 4.78 is 0. The summed E-state index contributed by atoms with van der Waals surface area (Å²) in [5.41, 5.74) is 5.46. The van der Waals surface area contributed by atoms with Crippen LogP contribution in [0.25, 0.3) is 11.1 Å². The molecule has 0 amide bonds. The lowest BCUT2D eigenvalue weighted by Gasteiger charge is -2.05. The van der Waals surface area contributed by atoms with E-state index < -0.39 is 0 Å². The maximum atomic E-state index is 2.29. The SMILES string of the molecule is CCc1cccc(-c2cccc(CC)c2)c1. The van der Waals surface area contributed by atoms with Crippen LogP contribution in [0.4, 0.5) is 0 Å². The first-order valence-corrected chi connectivity index (χ1v) is 6.01. The van der Waals surface area contributed by atoms with E-state index in [-0.39, 0.29) is 0 Å². The van der Waals surface area contributed by atoms with E-state index in [1.807, 2.05) is 0 Å². The highest BCUT2D eigenvalue weighted by molar-refractivity contribution is 5.64. The Morgan fingerprint density at radius 2 is 1.12 bits per heavy atom. The van der Waals surface area contributed by atoms with Crippen LogP contribution in [-0.4, -0.2) is 0 Å². The average molecular weight is 210 g/mol. The molecule has 0 heteroatoms. The molecule has 0 spiro atoms. The molecule has 82 valence electrons. The second kappa shape index (κ2) is 4.98. The summed E-state index contributed by atoms with van der Waals surface area (Å²) in [6, 6.07) is 17.6. The minimum atomic E-state index is 1.10. The van der Waals surface area contributed by atoms with Crippen molar-refractivity contribution in [1.82, 2.24) is 0 Å². The standard InChI is InChI=1S/C16H18/c1-3-13-7-5-9-15(11-13)16-10-6-8-14(4-2)12-16/h5-12H,3-4H2,1-2H3. The molecule has 0 radical (unpaired) electrons. The first kappa shape index (κ1) is 10.9. The van der Waals surface area contributed by atoms with E-state index in [9.17, 15) is 0 Å². The largest absolute Gasteiger partial charge is 0.0614 e. The van der Waals surface area contributed by atoms with Crippen LogP contribution in [0.3, 0.4) is 0 Å². The van der Waals surface area contributed by atoms with E-state index in [1.165, 1.54) is 22.3 Å². The van der Waals surface area contributed by atoms with Gasteiger partial charge in [0.05, 0.1) is 0 Å². The van der Waals surface area contributed by atoms with Crippen molar-refractivity contribution in [2.75, 3.05) is 0 Å². The highest BCUT2D eigenvalue weighted by Crippen LogP contribution is 2.21. The van der Waals surface area contributed by atoms with Gasteiger partial charge in [-0.3, -0.25) is 0 Å². The second-order valence-electron chi connectivity index (χ2n) is 4.11. The molecule has 0 aromatic heterocycles. The van der Waals surface area contributed by atoms with Crippen LogP contribution in [-0.2, 0) is 12.8 Å². The molecule has 0 aliphatic rings. The van der Waals surface area contributed by atoms with Crippen molar-refractivity contribution in [3.8, 4) is 11.1 Å². The van der Waals surface area contributed by atoms with Crippen LogP contribution in [0.1, 0.15) is 25.0 Å². The van der Waals surface area contributed by atoms with Crippen molar-refractivity contribution < 1.29 is 0 Å². The molecule has 0 bridgehead atoms. The lowest BCUT2D eigenvalue weighted by molar-refractivity contribution is 1.13. The maximum Gasteiger partial charge on any atom is -0.0181 e. The predicted molar refractivity (Wildman–Crippen MR) is 70.6 cm³/mol. The molecule has 0 nitrogen and oxygen atoms in total. The Labute approximate surface area is 97.9 Å². The molecular weight excluding hydrogens is 192 g/mol. The first-order chi connectivity index (χ1) is 7.83. The fourth-order valence-electron chi connectivity index (χ4n) is 1.94. The van der Waals surface area contributed by atoms with Crippen molar-refractivity contribution in [3.63, 3.8) is 0 Å². The van der Waals surface area contributed by atoms with Crippen molar-refractivity contribution >= 4 is 0 Å². The van der Waals surface area contributed by atoms with Gasteiger partial charge in [-0.15, -0.1) is 0 Å². The van der Waals surface area contributed by atoms with E-state index in [0.29, 0.717) is 0 Å². The second-order valence-corrected chi connectivity index (χ2v) is 4.11. The Bertz CT molecular complexity index is 423. The lowest BCUT2D eigenvalue weighted by Crippen LogP contribution is -1.85. The van der Waals surface area contributed by atoms with Crippen LogP contribution in [0.5, 0.6) is 0 Å². The molecule has 0 unspecified atom stereocenters. The van der Waals surface area contributed by atoms with Gasteiger partial charge in [-0.1, -0.05) is 62.4 Å². The van der Waals surface area contributed by atoms with Crippen LogP contribution < -0.4 is 0 Å². The normalized spacial score (nSPS) is 10.4. The summed E-state index contributed by atoms with van der Waals surface area (Å²) in [6.07, 6.45) is 2.20. The molecule has 0 N–H and O–H groups in total. The molecule has 0 saturated heterocycles. The van der Waals surface area contributed by atoms with Gasteiger partial charge in [-0.25, -0.2) is 0 Å². The molecular formula is C16H18. The summed E-state index contributed by atoms with van der Waals surface area (Å²) >= 11 is 0. The Morgan fingerprint density at radius 3 is 1.50 bits per heavy atom. The van der Waals surface area contributed by atoms with Gasteiger partial charge in [-0.2, -0.15) is 0 Å². The van der Waals surface area contributed by atoms with Crippen LogP contribution in [0.2, 0.25) is 0 Å². The van der Waals surface area contributed by atoms with E-state index >= 15 is 0 Å². The van der Waals surface area contributed by atoms with Crippen molar-refractivity contribution in [2.24, 2.45) is 0 Å². The Morgan fingerprint density at radius 1 is 0.688 bits per heavy atom. The average Bonchev–Trinajstić information content (AvgIpc) is 2.39. The molecule has 2 aromatic rings. The molecule has 0 heterocycles. The minimum absolute atomic E-state index is 1.10. The van der Waals surface area contributed by atoms with Gasteiger partial charge in [0, 0.05) is 0 Å². The highest BCUT2D eigenvalue weighted by atomic mass is 14.0. The Kier molecular flexibility index (Phi) is 3.40. The maximum absolute atomic E-state index is 2.29. The quantitative estimate of drug-likeness (QED) is 0.700. The summed E-state index contributed by atoms with van der Waals surface area (Å²) in [5.74, 6) is 0. The smallest absolute Gasteiger partial charge is 0.0181 e. The van der Waals surface area contributed by atoms with Gasteiger partial charge < -0.3 is 0 Å². The number of aryl methyl sites for hydroxylation is 2. The molecule has 0 fully saturated rings. The molecule has 0 aliphatic heterocycles. The molecule has 0 atom stereocenters. The van der Waals surface area contributed by atoms with Crippen molar-refractivity contribution in [1.29, 1.82) is 0 Å².